The van der Waals surface area contributed by atoms with Gasteiger partial charge in [-0.25, -0.2) is 4.79 Å². The Kier molecular flexibility index (Phi) is 10.6. The normalized spacial score (nSPS) is 18.0. The van der Waals surface area contributed by atoms with Gasteiger partial charge in [-0.2, -0.15) is 0 Å². The third kappa shape index (κ3) is 8.42. The van der Waals surface area contributed by atoms with Gasteiger partial charge in [0.2, 0.25) is 0 Å². The van der Waals surface area contributed by atoms with E-state index in [1.165, 1.54) is 24.8 Å². The van der Waals surface area contributed by atoms with E-state index in [1.807, 2.05) is 12.1 Å². The van der Waals surface area contributed by atoms with Crippen molar-refractivity contribution in [2.75, 3.05) is 13.2 Å². The maximum Gasteiger partial charge on any atom is 0.338 e. The molecular formula is C29H40O4. The van der Waals surface area contributed by atoms with Crippen LogP contribution < -0.4 is 9.47 Å². The molecule has 1 aliphatic carbocycles. The van der Waals surface area contributed by atoms with Crippen molar-refractivity contribution >= 4 is 5.97 Å². The van der Waals surface area contributed by atoms with Gasteiger partial charge in [-0.1, -0.05) is 51.7 Å². The highest BCUT2D eigenvalue weighted by atomic mass is 16.5. The van der Waals surface area contributed by atoms with Crippen LogP contribution in [0.2, 0.25) is 0 Å². The highest BCUT2D eigenvalue weighted by Crippen LogP contribution is 2.35. The van der Waals surface area contributed by atoms with Gasteiger partial charge in [0.05, 0.1) is 18.8 Å². The second-order valence-corrected chi connectivity index (χ2v) is 9.08. The number of carbonyl (C=O) groups excluding carboxylic acids is 1. The Labute approximate surface area is 199 Å². The van der Waals surface area contributed by atoms with Crippen molar-refractivity contribution in [2.24, 2.45) is 0 Å². The van der Waals surface area contributed by atoms with E-state index in [9.17, 15) is 4.79 Å². The Morgan fingerprint density at radius 3 is 1.91 bits per heavy atom. The highest BCUT2D eigenvalue weighted by Gasteiger charge is 2.25. The molecule has 180 valence electrons. The number of rotatable bonds is 13. The third-order valence-corrected chi connectivity index (χ3v) is 6.42. The maximum absolute atomic E-state index is 12.6. The summed E-state index contributed by atoms with van der Waals surface area (Å²) < 4.78 is 17.3. The zero-order valence-electron chi connectivity index (χ0n) is 20.4. The van der Waals surface area contributed by atoms with Gasteiger partial charge in [0.1, 0.15) is 17.6 Å². The van der Waals surface area contributed by atoms with Gasteiger partial charge in [-0.15, -0.1) is 0 Å². The van der Waals surface area contributed by atoms with Gasteiger partial charge in [-0.3, -0.25) is 0 Å². The van der Waals surface area contributed by atoms with Crippen LogP contribution in [0.1, 0.15) is 99.9 Å². The molecular weight excluding hydrogens is 412 g/mol. The van der Waals surface area contributed by atoms with Gasteiger partial charge in [0, 0.05) is 0 Å². The highest BCUT2D eigenvalue weighted by molar-refractivity contribution is 5.89. The first-order valence-electron chi connectivity index (χ1n) is 12.9. The molecule has 2 aromatic carbocycles. The predicted molar refractivity (Wildman–Crippen MR) is 133 cm³/mol. The van der Waals surface area contributed by atoms with Crippen LogP contribution in [0.15, 0.2) is 48.5 Å². The fourth-order valence-corrected chi connectivity index (χ4v) is 4.31. The molecule has 0 aliphatic heterocycles. The molecule has 0 unspecified atom stereocenters. The Hall–Kier alpha value is -2.49. The van der Waals surface area contributed by atoms with Crippen LogP contribution in [0, 0.1) is 0 Å². The second-order valence-electron chi connectivity index (χ2n) is 9.08. The SMILES string of the molecule is CCCCCCOc1ccc(C(=O)OC2CCC(c3ccc(OCCCC)cc3)CC2)cc1. The van der Waals surface area contributed by atoms with Crippen molar-refractivity contribution < 1.29 is 19.0 Å². The van der Waals surface area contributed by atoms with E-state index in [4.69, 9.17) is 14.2 Å². The predicted octanol–water partition coefficient (Wildman–Crippen LogP) is 7.71. The number of hydrogen-bond donors (Lipinski definition) is 0. The van der Waals surface area contributed by atoms with Crippen molar-refractivity contribution in [3.8, 4) is 11.5 Å². The van der Waals surface area contributed by atoms with Crippen LogP contribution in [-0.2, 0) is 4.74 Å². The fraction of sp³-hybridized carbons (Fsp3) is 0.552. The first-order valence-corrected chi connectivity index (χ1v) is 12.9. The Bertz CT molecular complexity index is 805. The van der Waals surface area contributed by atoms with E-state index in [-0.39, 0.29) is 12.1 Å². The Morgan fingerprint density at radius 2 is 1.30 bits per heavy atom. The topological polar surface area (TPSA) is 44.8 Å². The second kappa shape index (κ2) is 13.9. The molecule has 0 radical (unpaired) electrons. The number of benzene rings is 2. The maximum atomic E-state index is 12.6. The first kappa shape index (κ1) is 25.1. The minimum atomic E-state index is -0.235. The Balaban J connectivity index is 1.39. The van der Waals surface area contributed by atoms with Crippen LogP contribution in [-0.4, -0.2) is 25.3 Å². The number of carbonyl (C=O) groups is 1. The van der Waals surface area contributed by atoms with Crippen molar-refractivity contribution in [1.82, 2.24) is 0 Å². The Morgan fingerprint density at radius 1 is 0.727 bits per heavy atom. The zero-order chi connectivity index (χ0) is 23.3. The van der Waals surface area contributed by atoms with Crippen LogP contribution in [0.3, 0.4) is 0 Å². The number of esters is 1. The zero-order valence-corrected chi connectivity index (χ0v) is 20.4. The van der Waals surface area contributed by atoms with Gasteiger partial charge >= 0.3 is 5.97 Å². The average Bonchev–Trinajstić information content (AvgIpc) is 2.85. The molecule has 33 heavy (non-hydrogen) atoms. The summed E-state index contributed by atoms with van der Waals surface area (Å²) in [5.74, 6) is 2.05. The molecule has 0 bridgehead atoms. The summed E-state index contributed by atoms with van der Waals surface area (Å²) in [4.78, 5) is 12.6. The molecule has 0 heterocycles. The molecule has 4 nitrogen and oxygen atoms in total. The summed E-state index contributed by atoms with van der Waals surface area (Å²) in [6, 6.07) is 15.9. The third-order valence-electron chi connectivity index (χ3n) is 6.42. The summed E-state index contributed by atoms with van der Waals surface area (Å²) in [5, 5.41) is 0. The summed E-state index contributed by atoms with van der Waals surface area (Å²) >= 11 is 0. The molecule has 0 saturated heterocycles. The van der Waals surface area contributed by atoms with E-state index in [2.05, 4.69) is 38.1 Å². The van der Waals surface area contributed by atoms with Crippen molar-refractivity contribution in [2.45, 2.75) is 90.1 Å². The number of ether oxygens (including phenoxy) is 3. The molecule has 0 N–H and O–H groups in total. The fourth-order valence-electron chi connectivity index (χ4n) is 4.31. The van der Waals surface area contributed by atoms with E-state index in [0.29, 0.717) is 11.5 Å². The molecule has 0 spiro atoms. The van der Waals surface area contributed by atoms with Gasteiger partial charge < -0.3 is 14.2 Å². The molecule has 0 amide bonds. The molecule has 3 rings (SSSR count). The molecule has 1 saturated carbocycles. The molecule has 2 aromatic rings. The van der Waals surface area contributed by atoms with Crippen LogP contribution in [0.25, 0.3) is 0 Å². The van der Waals surface area contributed by atoms with E-state index >= 15 is 0 Å². The number of hydrogen-bond acceptors (Lipinski definition) is 4. The van der Waals surface area contributed by atoms with Gasteiger partial charge in [-0.05, 0) is 86.4 Å². The van der Waals surface area contributed by atoms with Crippen LogP contribution in [0.5, 0.6) is 11.5 Å². The summed E-state index contributed by atoms with van der Waals surface area (Å²) in [7, 11) is 0. The van der Waals surface area contributed by atoms with Crippen molar-refractivity contribution in [1.29, 1.82) is 0 Å². The number of unbranched alkanes of at least 4 members (excludes halogenated alkanes) is 4. The van der Waals surface area contributed by atoms with E-state index < -0.39 is 0 Å². The standard InChI is InChI=1S/C29H40O4/c1-3-5-7-8-22-32-27-17-13-25(14-18-27)29(30)33-28-19-11-24(12-20-28)23-9-15-26(16-10-23)31-21-6-4-2/h9-10,13-18,24,28H,3-8,11-12,19-22H2,1-2H3. The molecule has 1 aliphatic rings. The van der Waals surface area contributed by atoms with Gasteiger partial charge in [0.25, 0.3) is 0 Å². The first-order chi connectivity index (χ1) is 16.2. The van der Waals surface area contributed by atoms with Crippen molar-refractivity contribution in [3.05, 3.63) is 59.7 Å². The van der Waals surface area contributed by atoms with Crippen LogP contribution in [0.4, 0.5) is 0 Å². The molecule has 1 fully saturated rings. The van der Waals surface area contributed by atoms with Crippen LogP contribution >= 0.6 is 0 Å². The largest absolute Gasteiger partial charge is 0.494 e. The lowest BCUT2D eigenvalue weighted by molar-refractivity contribution is 0.0195. The smallest absolute Gasteiger partial charge is 0.338 e. The molecule has 0 atom stereocenters. The lowest BCUT2D eigenvalue weighted by atomic mass is 9.83. The molecule has 4 heteroatoms. The summed E-state index contributed by atoms with van der Waals surface area (Å²) in [6.45, 7) is 5.87. The lowest BCUT2D eigenvalue weighted by Gasteiger charge is -2.28. The van der Waals surface area contributed by atoms with Crippen molar-refractivity contribution in [3.63, 3.8) is 0 Å². The quantitative estimate of drug-likeness (QED) is 0.231. The molecule has 0 aromatic heterocycles. The van der Waals surface area contributed by atoms with Gasteiger partial charge in [0.15, 0.2) is 0 Å². The summed E-state index contributed by atoms with van der Waals surface area (Å²) in [5.41, 5.74) is 1.95. The minimum absolute atomic E-state index is 0.0000995. The lowest BCUT2D eigenvalue weighted by Crippen LogP contribution is -2.24. The van der Waals surface area contributed by atoms with E-state index in [1.54, 1.807) is 12.1 Å². The monoisotopic (exact) mass is 452 g/mol. The summed E-state index contributed by atoms with van der Waals surface area (Å²) in [6.07, 6.45) is 10.9. The minimum Gasteiger partial charge on any atom is -0.494 e. The average molecular weight is 453 g/mol. The van der Waals surface area contributed by atoms with E-state index in [0.717, 1.165) is 69.7 Å².